The summed E-state index contributed by atoms with van der Waals surface area (Å²) in [5.41, 5.74) is 0.951. The van der Waals surface area contributed by atoms with Gasteiger partial charge in [0.2, 0.25) is 11.8 Å². The van der Waals surface area contributed by atoms with E-state index in [9.17, 15) is 18.0 Å². The van der Waals surface area contributed by atoms with Crippen LogP contribution in [0.15, 0.2) is 76.5 Å². The van der Waals surface area contributed by atoms with Crippen molar-refractivity contribution in [3.8, 4) is 5.75 Å². The van der Waals surface area contributed by atoms with Gasteiger partial charge in [-0.3, -0.25) is 13.9 Å². The third-order valence-electron chi connectivity index (χ3n) is 7.79. The Morgan fingerprint density at radius 1 is 0.978 bits per heavy atom. The number of amides is 2. The molecule has 1 fully saturated rings. The van der Waals surface area contributed by atoms with Crippen LogP contribution in [0.1, 0.15) is 51.5 Å². The van der Waals surface area contributed by atoms with Gasteiger partial charge < -0.3 is 15.0 Å². The summed E-state index contributed by atoms with van der Waals surface area (Å²) in [6, 6.07) is 17.3. The number of ether oxygens (including phenoxy) is 1. The maximum atomic E-state index is 14.3. The molecule has 1 saturated carbocycles. The Morgan fingerprint density at radius 2 is 1.64 bits per heavy atom. The third kappa shape index (κ3) is 8.87. The minimum atomic E-state index is -4.19. The van der Waals surface area contributed by atoms with E-state index in [4.69, 9.17) is 27.9 Å². The van der Waals surface area contributed by atoms with Gasteiger partial charge in [0.15, 0.2) is 0 Å². The fraction of sp³-hybridized carbons (Fsp3) is 0.394. The molecule has 12 heteroatoms. The van der Waals surface area contributed by atoms with Gasteiger partial charge in [0.25, 0.3) is 10.0 Å². The molecule has 1 unspecified atom stereocenters. The number of nitrogens with one attached hydrogen (secondary N) is 1. The number of halogens is 2. The van der Waals surface area contributed by atoms with Gasteiger partial charge >= 0.3 is 0 Å². The highest BCUT2D eigenvalue weighted by atomic mass is 35.5. The molecular formula is C33H39Cl2N3O5S2. The molecule has 1 aliphatic carbocycles. The van der Waals surface area contributed by atoms with Crippen LogP contribution in [0.3, 0.4) is 0 Å². The van der Waals surface area contributed by atoms with Gasteiger partial charge in [-0.05, 0) is 98.7 Å². The molecule has 0 bridgehead atoms. The van der Waals surface area contributed by atoms with Gasteiger partial charge in [-0.2, -0.15) is 0 Å². The lowest BCUT2D eigenvalue weighted by Gasteiger charge is -2.34. The van der Waals surface area contributed by atoms with Crippen LogP contribution in [-0.2, 0) is 26.2 Å². The molecular weight excluding hydrogens is 653 g/mol. The summed E-state index contributed by atoms with van der Waals surface area (Å²) in [6.07, 6.45) is 6.10. The average Bonchev–Trinajstić information content (AvgIpc) is 3.55. The number of carbonyl (C=O) groups excluding carboxylic acids is 2. The molecule has 1 aliphatic rings. The summed E-state index contributed by atoms with van der Waals surface area (Å²) in [4.78, 5) is 30.3. The van der Waals surface area contributed by atoms with E-state index in [0.717, 1.165) is 34.9 Å². The van der Waals surface area contributed by atoms with E-state index < -0.39 is 28.5 Å². The van der Waals surface area contributed by atoms with Crippen molar-refractivity contribution < 1.29 is 22.7 Å². The highest BCUT2D eigenvalue weighted by molar-refractivity contribution is 7.98. The van der Waals surface area contributed by atoms with Crippen LogP contribution in [0.2, 0.25) is 10.0 Å². The lowest BCUT2D eigenvalue weighted by molar-refractivity contribution is -0.140. The lowest BCUT2D eigenvalue weighted by Crippen LogP contribution is -2.53. The number of sulfonamides is 1. The standard InChI is InChI=1S/C33H39Cl2N3O5S2/c1-4-31(33(40)36-24-8-6-7-9-24)37(21-23-10-19-29(34)30(35)20-23)32(39)22-38(25-11-13-26(14-12-25)43-5-2)45(41,42)28-17-15-27(44-3)16-18-28/h10-20,24,31H,4-9,21-22H2,1-3H3,(H,36,40). The van der Waals surface area contributed by atoms with Crippen LogP contribution in [0.25, 0.3) is 0 Å². The number of hydrogen-bond donors (Lipinski definition) is 1. The van der Waals surface area contributed by atoms with E-state index in [2.05, 4.69) is 5.32 Å². The third-order valence-corrected chi connectivity index (χ3v) is 11.1. The maximum Gasteiger partial charge on any atom is 0.264 e. The average molecular weight is 693 g/mol. The Labute approximate surface area is 280 Å². The molecule has 0 radical (unpaired) electrons. The zero-order chi connectivity index (χ0) is 32.6. The zero-order valence-electron chi connectivity index (χ0n) is 25.7. The second-order valence-electron chi connectivity index (χ2n) is 10.8. The molecule has 4 rings (SSSR count). The second kappa shape index (κ2) is 16.1. The Morgan fingerprint density at radius 3 is 2.22 bits per heavy atom. The highest BCUT2D eigenvalue weighted by Gasteiger charge is 2.34. The van der Waals surface area contributed by atoms with Crippen LogP contribution in [0.5, 0.6) is 5.75 Å². The Hall–Kier alpha value is -2.92. The van der Waals surface area contributed by atoms with Gasteiger partial charge in [-0.15, -0.1) is 11.8 Å². The molecule has 0 spiro atoms. The van der Waals surface area contributed by atoms with Crippen molar-refractivity contribution in [3.05, 3.63) is 82.3 Å². The van der Waals surface area contributed by atoms with E-state index in [0.29, 0.717) is 40.1 Å². The first kappa shape index (κ1) is 34.9. The molecule has 3 aromatic rings. The van der Waals surface area contributed by atoms with Gasteiger partial charge in [0, 0.05) is 17.5 Å². The summed E-state index contributed by atoms with van der Waals surface area (Å²) < 4.78 is 34.9. The molecule has 0 saturated heterocycles. The minimum absolute atomic E-state index is 0.0336. The number of benzene rings is 3. The normalized spacial score (nSPS) is 14.2. The first-order chi connectivity index (χ1) is 21.6. The number of hydrogen-bond acceptors (Lipinski definition) is 6. The van der Waals surface area contributed by atoms with E-state index >= 15 is 0 Å². The quantitative estimate of drug-likeness (QED) is 0.180. The number of nitrogens with zero attached hydrogens (tertiary/aromatic N) is 2. The fourth-order valence-corrected chi connectivity index (χ4v) is 7.54. The molecule has 1 N–H and O–H groups in total. The second-order valence-corrected chi connectivity index (χ2v) is 14.4. The zero-order valence-corrected chi connectivity index (χ0v) is 28.8. The van der Waals surface area contributed by atoms with E-state index in [1.54, 1.807) is 54.6 Å². The predicted octanol–water partition coefficient (Wildman–Crippen LogP) is 7.18. The Bertz CT molecular complexity index is 1560. The van der Waals surface area contributed by atoms with E-state index in [1.165, 1.54) is 28.8 Å². The lowest BCUT2D eigenvalue weighted by atomic mass is 10.1. The predicted molar refractivity (Wildman–Crippen MR) is 182 cm³/mol. The van der Waals surface area contributed by atoms with Gasteiger partial charge in [-0.25, -0.2) is 8.42 Å². The van der Waals surface area contributed by atoms with E-state index in [-0.39, 0.29) is 23.4 Å². The summed E-state index contributed by atoms with van der Waals surface area (Å²) >= 11 is 13.9. The molecule has 3 aromatic carbocycles. The van der Waals surface area contributed by atoms with Gasteiger partial charge in [-0.1, -0.05) is 49.0 Å². The van der Waals surface area contributed by atoms with Crippen molar-refractivity contribution in [1.29, 1.82) is 0 Å². The molecule has 45 heavy (non-hydrogen) atoms. The van der Waals surface area contributed by atoms with Crippen LogP contribution in [0.4, 0.5) is 5.69 Å². The first-order valence-electron chi connectivity index (χ1n) is 15.0. The van der Waals surface area contributed by atoms with Crippen LogP contribution in [-0.4, -0.2) is 56.6 Å². The SMILES string of the molecule is CCOc1ccc(N(CC(=O)N(Cc2ccc(Cl)c(Cl)c2)C(CC)C(=O)NC2CCCC2)S(=O)(=O)c2ccc(SC)cc2)cc1. The molecule has 8 nitrogen and oxygen atoms in total. The number of anilines is 1. The smallest absolute Gasteiger partial charge is 0.264 e. The van der Waals surface area contributed by atoms with Crippen molar-refractivity contribution in [2.45, 2.75) is 74.4 Å². The highest BCUT2D eigenvalue weighted by Crippen LogP contribution is 2.29. The largest absolute Gasteiger partial charge is 0.494 e. The minimum Gasteiger partial charge on any atom is -0.494 e. The van der Waals surface area contributed by atoms with Crippen molar-refractivity contribution in [2.24, 2.45) is 0 Å². The monoisotopic (exact) mass is 691 g/mol. The van der Waals surface area contributed by atoms with Crippen LogP contribution >= 0.6 is 35.0 Å². The van der Waals surface area contributed by atoms with Gasteiger partial charge in [0.05, 0.1) is 27.2 Å². The summed E-state index contributed by atoms with van der Waals surface area (Å²) in [5, 5.41) is 3.80. The molecule has 1 atom stereocenters. The van der Waals surface area contributed by atoms with Crippen LogP contribution < -0.4 is 14.4 Å². The molecule has 242 valence electrons. The van der Waals surface area contributed by atoms with Gasteiger partial charge in [0.1, 0.15) is 18.3 Å². The topological polar surface area (TPSA) is 96.0 Å². The van der Waals surface area contributed by atoms with Crippen molar-refractivity contribution in [3.63, 3.8) is 0 Å². The summed E-state index contributed by atoms with van der Waals surface area (Å²) in [7, 11) is -4.19. The number of rotatable bonds is 14. The molecule has 0 aliphatic heterocycles. The summed E-state index contributed by atoms with van der Waals surface area (Å²) in [6.45, 7) is 3.65. The first-order valence-corrected chi connectivity index (χ1v) is 18.4. The van der Waals surface area contributed by atoms with E-state index in [1.807, 2.05) is 20.1 Å². The Balaban J connectivity index is 1.73. The Kier molecular flexibility index (Phi) is 12.5. The summed E-state index contributed by atoms with van der Waals surface area (Å²) in [5.74, 6) is -0.223. The fourth-order valence-electron chi connectivity index (χ4n) is 5.40. The van der Waals surface area contributed by atoms with Crippen molar-refractivity contribution in [1.82, 2.24) is 10.2 Å². The number of thioether (sulfide) groups is 1. The maximum absolute atomic E-state index is 14.3. The van der Waals surface area contributed by atoms with Crippen LogP contribution in [0, 0.1) is 0 Å². The molecule has 0 heterocycles. The van der Waals surface area contributed by atoms with Crippen molar-refractivity contribution >= 4 is 62.5 Å². The molecule has 0 aromatic heterocycles. The molecule has 2 amide bonds. The van der Waals surface area contributed by atoms with Crippen molar-refractivity contribution in [2.75, 3.05) is 23.7 Å². The number of carbonyl (C=O) groups is 2.